The minimum absolute atomic E-state index is 0.0257. The Bertz CT molecular complexity index is 922. The number of benzene rings is 1. The van der Waals surface area contributed by atoms with Crippen LogP contribution in [0.1, 0.15) is 48.0 Å². The summed E-state index contributed by atoms with van der Waals surface area (Å²) in [6.07, 6.45) is 6.65. The normalized spacial score (nSPS) is 15.7. The molecule has 0 spiro atoms. The third-order valence-corrected chi connectivity index (χ3v) is 6.93. The van der Waals surface area contributed by atoms with Crippen LogP contribution in [0.2, 0.25) is 0 Å². The number of amides is 1. The third-order valence-electron chi connectivity index (χ3n) is 5.02. The number of nitrogens with one attached hydrogen (secondary N) is 1. The van der Waals surface area contributed by atoms with Crippen LogP contribution in [0, 0.1) is 6.92 Å². The van der Waals surface area contributed by atoms with E-state index in [1.165, 1.54) is 16.4 Å². The summed E-state index contributed by atoms with van der Waals surface area (Å²) in [7, 11) is -2.00. The minimum atomic E-state index is -3.64. The first-order valence-electron chi connectivity index (χ1n) is 9.20. The number of aryl methyl sites for hydroxylation is 1. The summed E-state index contributed by atoms with van der Waals surface area (Å²) in [5.74, 6) is 0.0538. The summed E-state index contributed by atoms with van der Waals surface area (Å²) in [5, 5.41) is 2.71. The number of aromatic nitrogens is 1. The lowest BCUT2D eigenvalue weighted by Crippen LogP contribution is -2.38. The molecule has 2 aromatic rings. The van der Waals surface area contributed by atoms with Gasteiger partial charge in [-0.1, -0.05) is 25.3 Å². The molecule has 1 aliphatic rings. The Labute approximate surface area is 160 Å². The molecule has 7 heteroatoms. The van der Waals surface area contributed by atoms with E-state index >= 15 is 0 Å². The van der Waals surface area contributed by atoms with Gasteiger partial charge in [0.15, 0.2) is 0 Å². The molecular formula is C20H25N3O3S. The van der Waals surface area contributed by atoms with Gasteiger partial charge < -0.3 is 5.32 Å². The fraction of sp³-hybridized carbons (Fsp3) is 0.400. The van der Waals surface area contributed by atoms with Gasteiger partial charge in [0, 0.05) is 24.8 Å². The standard InChI is InChI=1S/C20H25N3O3S/c1-15-11-12-21-19(13-15)22-20(24)16-7-6-10-18(14-16)27(25,26)23(2)17-8-4-3-5-9-17/h6-7,10-14,17H,3-5,8-9H2,1-2H3,(H,21,22,24). The van der Waals surface area contributed by atoms with Crippen molar-refractivity contribution in [2.45, 2.75) is 50.0 Å². The monoisotopic (exact) mass is 387 g/mol. The zero-order valence-electron chi connectivity index (χ0n) is 15.7. The molecule has 27 heavy (non-hydrogen) atoms. The van der Waals surface area contributed by atoms with Gasteiger partial charge in [0.25, 0.3) is 5.91 Å². The first-order chi connectivity index (χ1) is 12.9. The molecule has 144 valence electrons. The largest absolute Gasteiger partial charge is 0.307 e. The second kappa shape index (κ2) is 8.19. The molecule has 3 rings (SSSR count). The second-order valence-electron chi connectivity index (χ2n) is 7.01. The van der Waals surface area contributed by atoms with Crippen LogP contribution < -0.4 is 5.32 Å². The topological polar surface area (TPSA) is 79.4 Å². The van der Waals surface area contributed by atoms with Crippen molar-refractivity contribution in [3.63, 3.8) is 0 Å². The summed E-state index contributed by atoms with van der Waals surface area (Å²) in [6.45, 7) is 1.91. The molecule has 0 atom stereocenters. The lowest BCUT2D eigenvalue weighted by atomic mass is 9.96. The molecule has 1 aromatic heterocycles. The van der Waals surface area contributed by atoms with E-state index in [9.17, 15) is 13.2 Å². The number of nitrogens with zero attached hydrogens (tertiary/aromatic N) is 2. The molecule has 1 amide bonds. The highest BCUT2D eigenvalue weighted by molar-refractivity contribution is 7.89. The van der Waals surface area contributed by atoms with Gasteiger partial charge in [-0.25, -0.2) is 13.4 Å². The third kappa shape index (κ3) is 4.54. The molecule has 1 saturated carbocycles. The Kier molecular flexibility index (Phi) is 5.92. The van der Waals surface area contributed by atoms with E-state index in [0.29, 0.717) is 5.82 Å². The van der Waals surface area contributed by atoms with Crippen LogP contribution in [0.5, 0.6) is 0 Å². The number of sulfonamides is 1. The fourth-order valence-electron chi connectivity index (χ4n) is 3.40. The van der Waals surface area contributed by atoms with Gasteiger partial charge in [0.1, 0.15) is 5.82 Å². The predicted molar refractivity (Wildman–Crippen MR) is 105 cm³/mol. The maximum atomic E-state index is 13.0. The zero-order chi connectivity index (χ0) is 19.4. The molecule has 6 nitrogen and oxygen atoms in total. The predicted octanol–water partition coefficient (Wildman–Crippen LogP) is 3.60. The average molecular weight is 388 g/mol. The van der Waals surface area contributed by atoms with Gasteiger partial charge in [-0.15, -0.1) is 0 Å². The van der Waals surface area contributed by atoms with E-state index in [2.05, 4.69) is 10.3 Å². The number of carbonyl (C=O) groups is 1. The first-order valence-corrected chi connectivity index (χ1v) is 10.6. The summed E-state index contributed by atoms with van der Waals surface area (Å²) in [4.78, 5) is 16.8. The molecule has 0 radical (unpaired) electrons. The summed E-state index contributed by atoms with van der Waals surface area (Å²) < 4.78 is 27.4. The molecule has 0 saturated heterocycles. The first kappa shape index (κ1) is 19.5. The molecule has 0 unspecified atom stereocenters. The number of rotatable bonds is 5. The van der Waals surface area contributed by atoms with E-state index in [1.807, 2.05) is 13.0 Å². The van der Waals surface area contributed by atoms with Gasteiger partial charge in [0.05, 0.1) is 4.90 Å². The molecule has 1 N–H and O–H groups in total. The smallest absolute Gasteiger partial charge is 0.256 e. The van der Waals surface area contributed by atoms with E-state index in [0.717, 1.165) is 37.7 Å². The number of hydrogen-bond acceptors (Lipinski definition) is 4. The Hall–Kier alpha value is -2.25. The quantitative estimate of drug-likeness (QED) is 0.850. The zero-order valence-corrected chi connectivity index (χ0v) is 16.5. The highest BCUT2D eigenvalue weighted by atomic mass is 32.2. The van der Waals surface area contributed by atoms with Crippen molar-refractivity contribution < 1.29 is 13.2 Å². The van der Waals surface area contributed by atoms with Crippen LogP contribution >= 0.6 is 0 Å². The van der Waals surface area contributed by atoms with Crippen LogP contribution in [-0.2, 0) is 10.0 Å². The van der Waals surface area contributed by atoms with E-state index in [4.69, 9.17) is 0 Å². The Morgan fingerprint density at radius 2 is 1.89 bits per heavy atom. The lowest BCUT2D eigenvalue weighted by molar-refractivity contribution is 0.102. The van der Waals surface area contributed by atoms with Crippen LogP contribution in [0.3, 0.4) is 0 Å². The van der Waals surface area contributed by atoms with Crippen molar-refractivity contribution in [2.24, 2.45) is 0 Å². The maximum absolute atomic E-state index is 13.0. The van der Waals surface area contributed by atoms with Gasteiger partial charge in [0.2, 0.25) is 10.0 Å². The molecular weight excluding hydrogens is 362 g/mol. The summed E-state index contributed by atoms with van der Waals surface area (Å²) in [5.41, 5.74) is 1.27. The van der Waals surface area contributed by atoms with Gasteiger partial charge >= 0.3 is 0 Å². The molecule has 1 heterocycles. The molecule has 1 fully saturated rings. The summed E-state index contributed by atoms with van der Waals surface area (Å²) in [6, 6.07) is 9.79. The van der Waals surface area contributed by atoms with Crippen LogP contribution in [0.4, 0.5) is 5.82 Å². The Balaban J connectivity index is 1.80. The van der Waals surface area contributed by atoms with Crippen molar-refractivity contribution in [3.05, 3.63) is 53.7 Å². The van der Waals surface area contributed by atoms with E-state index in [-0.39, 0.29) is 22.4 Å². The highest BCUT2D eigenvalue weighted by Crippen LogP contribution is 2.26. The van der Waals surface area contributed by atoms with E-state index in [1.54, 1.807) is 31.4 Å². The maximum Gasteiger partial charge on any atom is 0.256 e. The lowest BCUT2D eigenvalue weighted by Gasteiger charge is -2.30. The summed E-state index contributed by atoms with van der Waals surface area (Å²) >= 11 is 0. The van der Waals surface area contributed by atoms with Crippen molar-refractivity contribution in [1.29, 1.82) is 0 Å². The Morgan fingerprint density at radius 3 is 2.59 bits per heavy atom. The average Bonchev–Trinajstić information content (AvgIpc) is 2.68. The molecule has 1 aliphatic carbocycles. The van der Waals surface area contributed by atoms with Crippen LogP contribution in [0.25, 0.3) is 0 Å². The Morgan fingerprint density at radius 1 is 1.15 bits per heavy atom. The second-order valence-corrected chi connectivity index (χ2v) is 9.01. The van der Waals surface area contributed by atoms with Crippen molar-refractivity contribution in [3.8, 4) is 0 Å². The van der Waals surface area contributed by atoms with Gasteiger partial charge in [-0.3, -0.25) is 4.79 Å². The fourth-order valence-corrected chi connectivity index (χ4v) is 4.86. The van der Waals surface area contributed by atoms with Crippen LogP contribution in [0.15, 0.2) is 47.5 Å². The number of carbonyl (C=O) groups excluding carboxylic acids is 1. The highest BCUT2D eigenvalue weighted by Gasteiger charge is 2.29. The number of hydrogen-bond donors (Lipinski definition) is 1. The van der Waals surface area contributed by atoms with Crippen molar-refractivity contribution in [2.75, 3.05) is 12.4 Å². The minimum Gasteiger partial charge on any atom is -0.307 e. The van der Waals surface area contributed by atoms with Crippen LogP contribution in [-0.4, -0.2) is 36.7 Å². The van der Waals surface area contributed by atoms with Gasteiger partial charge in [-0.2, -0.15) is 4.31 Å². The van der Waals surface area contributed by atoms with Crippen molar-refractivity contribution in [1.82, 2.24) is 9.29 Å². The van der Waals surface area contributed by atoms with Gasteiger partial charge in [-0.05, 0) is 55.7 Å². The number of anilines is 1. The SMILES string of the molecule is Cc1ccnc(NC(=O)c2cccc(S(=O)(=O)N(C)C3CCCCC3)c2)c1. The molecule has 0 bridgehead atoms. The number of pyridine rings is 1. The molecule has 1 aromatic carbocycles. The van der Waals surface area contributed by atoms with Crippen molar-refractivity contribution >= 4 is 21.7 Å². The van der Waals surface area contributed by atoms with E-state index < -0.39 is 10.0 Å². The molecule has 0 aliphatic heterocycles.